The summed E-state index contributed by atoms with van der Waals surface area (Å²) in [6, 6.07) is 5.50. The van der Waals surface area contributed by atoms with E-state index >= 15 is 0 Å². The Morgan fingerprint density at radius 2 is 2.04 bits per heavy atom. The molecule has 24 heavy (non-hydrogen) atoms. The second-order valence-corrected chi connectivity index (χ2v) is 7.69. The van der Waals surface area contributed by atoms with Gasteiger partial charge in [0, 0.05) is 24.1 Å². The van der Waals surface area contributed by atoms with Crippen LogP contribution in [-0.2, 0) is 11.3 Å². The number of carbonyl (C=O) groups is 1. The van der Waals surface area contributed by atoms with Gasteiger partial charge in [-0.15, -0.1) is 0 Å². The van der Waals surface area contributed by atoms with Crippen LogP contribution in [0.1, 0.15) is 26.2 Å². The average molecular weight is 410 g/mol. The van der Waals surface area contributed by atoms with Crippen LogP contribution in [0.2, 0.25) is 0 Å². The molecule has 0 atom stereocenters. The minimum atomic E-state index is -0.0586. The van der Waals surface area contributed by atoms with Crippen molar-refractivity contribution in [1.29, 1.82) is 0 Å². The summed E-state index contributed by atoms with van der Waals surface area (Å²) in [6.07, 6.45) is 3.37. The first-order valence-electron chi connectivity index (χ1n) is 8.21. The molecule has 128 valence electrons. The van der Waals surface area contributed by atoms with E-state index in [1.807, 2.05) is 24.0 Å². The van der Waals surface area contributed by atoms with E-state index in [-0.39, 0.29) is 11.5 Å². The lowest BCUT2D eigenvalue weighted by Gasteiger charge is -2.26. The molecule has 1 fully saturated rings. The molecule has 2 aromatic rings. The SMILES string of the molecule is CCn1c(SCC(=O)N2CCCCC2)nc2ccc(Br)cc2c1=O. The first kappa shape index (κ1) is 17.5. The number of hydrogen-bond acceptors (Lipinski definition) is 4. The molecule has 1 aromatic heterocycles. The van der Waals surface area contributed by atoms with Crippen LogP contribution in [0.3, 0.4) is 0 Å². The van der Waals surface area contributed by atoms with Crippen LogP contribution in [0.15, 0.2) is 32.6 Å². The van der Waals surface area contributed by atoms with Crippen molar-refractivity contribution in [2.45, 2.75) is 37.9 Å². The van der Waals surface area contributed by atoms with Gasteiger partial charge in [-0.25, -0.2) is 4.98 Å². The molecule has 2 heterocycles. The molecule has 0 saturated carbocycles. The summed E-state index contributed by atoms with van der Waals surface area (Å²) < 4.78 is 2.50. The lowest BCUT2D eigenvalue weighted by atomic mass is 10.1. The van der Waals surface area contributed by atoms with E-state index in [4.69, 9.17) is 0 Å². The number of halogens is 1. The second-order valence-electron chi connectivity index (χ2n) is 5.84. The Balaban J connectivity index is 1.84. The minimum Gasteiger partial charge on any atom is -0.342 e. The zero-order chi connectivity index (χ0) is 17.1. The van der Waals surface area contributed by atoms with Gasteiger partial charge in [-0.2, -0.15) is 0 Å². The number of thioether (sulfide) groups is 1. The molecule has 1 saturated heterocycles. The standard InChI is InChI=1S/C17H20BrN3O2S/c1-2-21-16(23)13-10-12(18)6-7-14(13)19-17(21)24-11-15(22)20-8-4-3-5-9-20/h6-7,10H,2-5,8-9,11H2,1H3. The second kappa shape index (κ2) is 7.70. The highest BCUT2D eigenvalue weighted by atomic mass is 79.9. The monoisotopic (exact) mass is 409 g/mol. The normalized spacial score (nSPS) is 15.0. The van der Waals surface area contributed by atoms with E-state index in [2.05, 4.69) is 20.9 Å². The smallest absolute Gasteiger partial charge is 0.262 e. The molecule has 0 bridgehead atoms. The molecule has 1 aromatic carbocycles. The van der Waals surface area contributed by atoms with Crippen molar-refractivity contribution < 1.29 is 4.79 Å². The fraction of sp³-hybridized carbons (Fsp3) is 0.471. The number of fused-ring (bicyclic) bond motifs is 1. The molecule has 0 N–H and O–H groups in total. The number of nitrogens with zero attached hydrogens (tertiary/aromatic N) is 3. The average Bonchev–Trinajstić information content (AvgIpc) is 2.61. The Morgan fingerprint density at radius 1 is 1.29 bits per heavy atom. The Bertz CT molecular complexity index is 815. The third-order valence-electron chi connectivity index (χ3n) is 4.23. The Morgan fingerprint density at radius 3 is 2.75 bits per heavy atom. The van der Waals surface area contributed by atoms with Gasteiger partial charge in [-0.3, -0.25) is 14.2 Å². The molecule has 0 radical (unpaired) electrons. The number of likely N-dealkylation sites (tertiary alicyclic amines) is 1. The highest BCUT2D eigenvalue weighted by Crippen LogP contribution is 2.21. The van der Waals surface area contributed by atoms with Gasteiger partial charge >= 0.3 is 0 Å². The van der Waals surface area contributed by atoms with Crippen LogP contribution in [0.4, 0.5) is 0 Å². The molecular formula is C17H20BrN3O2S. The molecule has 7 heteroatoms. The summed E-state index contributed by atoms with van der Waals surface area (Å²) in [4.78, 5) is 31.5. The molecule has 1 amide bonds. The third-order valence-corrected chi connectivity index (χ3v) is 5.69. The summed E-state index contributed by atoms with van der Waals surface area (Å²) in [7, 11) is 0. The summed E-state index contributed by atoms with van der Waals surface area (Å²) in [6.45, 7) is 4.15. The van der Waals surface area contributed by atoms with Gasteiger partial charge < -0.3 is 4.90 Å². The van der Waals surface area contributed by atoms with E-state index in [1.165, 1.54) is 18.2 Å². The van der Waals surface area contributed by atoms with Crippen molar-refractivity contribution in [2.75, 3.05) is 18.8 Å². The third kappa shape index (κ3) is 3.67. The van der Waals surface area contributed by atoms with Crippen molar-refractivity contribution >= 4 is 44.5 Å². The summed E-state index contributed by atoms with van der Waals surface area (Å²) in [5, 5.41) is 1.21. The van der Waals surface area contributed by atoms with Gasteiger partial charge in [-0.05, 0) is 44.4 Å². The summed E-state index contributed by atoms with van der Waals surface area (Å²) in [5.74, 6) is 0.460. The predicted molar refractivity (Wildman–Crippen MR) is 101 cm³/mol. The van der Waals surface area contributed by atoms with Crippen molar-refractivity contribution in [1.82, 2.24) is 14.5 Å². The van der Waals surface area contributed by atoms with E-state index in [0.717, 1.165) is 30.4 Å². The number of hydrogen-bond donors (Lipinski definition) is 0. The van der Waals surface area contributed by atoms with Gasteiger partial charge in [0.15, 0.2) is 5.16 Å². The van der Waals surface area contributed by atoms with Crippen LogP contribution in [0.5, 0.6) is 0 Å². The van der Waals surface area contributed by atoms with Crippen LogP contribution in [0.25, 0.3) is 10.9 Å². The number of piperidine rings is 1. The van der Waals surface area contributed by atoms with Crippen molar-refractivity contribution in [3.8, 4) is 0 Å². The fourth-order valence-electron chi connectivity index (χ4n) is 2.92. The van der Waals surface area contributed by atoms with E-state index in [9.17, 15) is 9.59 Å². The van der Waals surface area contributed by atoms with Crippen LogP contribution >= 0.6 is 27.7 Å². The van der Waals surface area contributed by atoms with E-state index in [1.54, 1.807) is 10.6 Å². The molecule has 0 spiro atoms. The van der Waals surface area contributed by atoms with Crippen LogP contribution in [0, 0.1) is 0 Å². The number of carbonyl (C=O) groups excluding carboxylic acids is 1. The first-order valence-corrected chi connectivity index (χ1v) is 9.98. The van der Waals surface area contributed by atoms with Crippen molar-refractivity contribution in [3.05, 3.63) is 33.0 Å². The Hall–Kier alpha value is -1.34. The molecular weight excluding hydrogens is 390 g/mol. The van der Waals surface area contributed by atoms with Gasteiger partial charge in [0.2, 0.25) is 5.91 Å². The zero-order valence-electron chi connectivity index (χ0n) is 13.6. The number of benzene rings is 1. The van der Waals surface area contributed by atoms with Crippen molar-refractivity contribution in [2.24, 2.45) is 0 Å². The Kier molecular flexibility index (Phi) is 5.61. The highest BCUT2D eigenvalue weighted by Gasteiger charge is 2.18. The number of rotatable bonds is 4. The largest absolute Gasteiger partial charge is 0.342 e. The summed E-state index contributed by atoms with van der Waals surface area (Å²) >= 11 is 4.75. The molecule has 1 aliphatic rings. The van der Waals surface area contributed by atoms with Gasteiger partial charge in [-0.1, -0.05) is 27.7 Å². The lowest BCUT2D eigenvalue weighted by Crippen LogP contribution is -2.37. The predicted octanol–water partition coefficient (Wildman–Crippen LogP) is 3.28. The first-order chi connectivity index (χ1) is 11.6. The fourth-order valence-corrected chi connectivity index (χ4v) is 4.25. The maximum Gasteiger partial charge on any atom is 0.262 e. The molecule has 3 rings (SSSR count). The lowest BCUT2D eigenvalue weighted by molar-refractivity contribution is -0.129. The van der Waals surface area contributed by atoms with Gasteiger partial charge in [0.1, 0.15) is 0 Å². The Labute approximate surface area is 153 Å². The van der Waals surface area contributed by atoms with Gasteiger partial charge in [0.25, 0.3) is 5.56 Å². The summed E-state index contributed by atoms with van der Waals surface area (Å²) in [5.41, 5.74) is 0.609. The molecule has 1 aliphatic heterocycles. The van der Waals surface area contributed by atoms with Crippen LogP contribution in [-0.4, -0.2) is 39.2 Å². The van der Waals surface area contributed by atoms with E-state index in [0.29, 0.717) is 28.4 Å². The molecule has 5 nitrogen and oxygen atoms in total. The maximum absolute atomic E-state index is 12.7. The number of aromatic nitrogens is 2. The molecule has 0 unspecified atom stereocenters. The minimum absolute atomic E-state index is 0.0586. The van der Waals surface area contributed by atoms with E-state index < -0.39 is 0 Å². The highest BCUT2D eigenvalue weighted by molar-refractivity contribution is 9.10. The maximum atomic E-state index is 12.7. The van der Waals surface area contributed by atoms with Crippen molar-refractivity contribution in [3.63, 3.8) is 0 Å². The topological polar surface area (TPSA) is 55.2 Å². The zero-order valence-corrected chi connectivity index (χ0v) is 16.0. The molecule has 0 aliphatic carbocycles. The number of amides is 1. The quantitative estimate of drug-likeness (QED) is 0.574. The van der Waals surface area contributed by atoms with Gasteiger partial charge in [0.05, 0.1) is 16.7 Å². The van der Waals surface area contributed by atoms with Crippen LogP contribution < -0.4 is 5.56 Å².